The van der Waals surface area contributed by atoms with E-state index in [4.69, 9.17) is 25.8 Å². The van der Waals surface area contributed by atoms with Crippen LogP contribution in [0.25, 0.3) is 0 Å². The zero-order valence-corrected chi connectivity index (χ0v) is 14.5. The van der Waals surface area contributed by atoms with E-state index in [1.807, 2.05) is 0 Å². The van der Waals surface area contributed by atoms with Gasteiger partial charge in [-0.05, 0) is 42.5 Å². The van der Waals surface area contributed by atoms with E-state index >= 15 is 0 Å². The maximum atomic E-state index is 12.8. The summed E-state index contributed by atoms with van der Waals surface area (Å²) < 4.78 is 16.4. The Morgan fingerprint density at radius 2 is 1.85 bits per heavy atom. The smallest absolute Gasteiger partial charge is 0.333 e. The summed E-state index contributed by atoms with van der Waals surface area (Å²) in [5, 5.41) is 0.367. The second-order valence-corrected chi connectivity index (χ2v) is 6.21. The summed E-state index contributed by atoms with van der Waals surface area (Å²) in [6.07, 6.45) is 1.79. The molecule has 1 amide bonds. The summed E-state index contributed by atoms with van der Waals surface area (Å²) in [6, 6.07) is 13.7. The van der Waals surface area contributed by atoms with Crippen molar-refractivity contribution in [1.29, 1.82) is 0 Å². The van der Waals surface area contributed by atoms with Gasteiger partial charge in [0.2, 0.25) is 6.10 Å². The highest BCUT2D eigenvalue weighted by atomic mass is 35.5. The first-order valence-electron chi connectivity index (χ1n) is 7.87. The van der Waals surface area contributed by atoms with Crippen molar-refractivity contribution in [1.82, 2.24) is 0 Å². The van der Waals surface area contributed by atoms with Gasteiger partial charge in [0, 0.05) is 11.8 Å². The number of β-lactam (4-membered cyclic amide) rings is 1. The van der Waals surface area contributed by atoms with Crippen LogP contribution in [-0.2, 0) is 14.3 Å². The average molecular weight is 372 g/mol. The molecule has 2 heterocycles. The van der Waals surface area contributed by atoms with Gasteiger partial charge in [-0.2, -0.15) is 0 Å². The van der Waals surface area contributed by atoms with Crippen LogP contribution in [0.3, 0.4) is 0 Å². The highest BCUT2D eigenvalue weighted by molar-refractivity contribution is 6.32. The molecule has 1 fully saturated rings. The van der Waals surface area contributed by atoms with E-state index in [1.54, 1.807) is 55.6 Å². The van der Waals surface area contributed by atoms with E-state index in [0.717, 1.165) is 0 Å². The van der Waals surface area contributed by atoms with Crippen LogP contribution in [0.2, 0.25) is 5.02 Å². The molecule has 2 aromatic rings. The Balaban J connectivity index is 1.68. The van der Waals surface area contributed by atoms with Gasteiger partial charge >= 0.3 is 5.97 Å². The van der Waals surface area contributed by atoms with Crippen molar-refractivity contribution in [2.75, 3.05) is 12.0 Å². The van der Waals surface area contributed by atoms with Gasteiger partial charge in [-0.3, -0.25) is 9.69 Å². The Morgan fingerprint density at radius 3 is 2.46 bits per heavy atom. The second kappa shape index (κ2) is 6.07. The Morgan fingerprint density at radius 1 is 1.12 bits per heavy atom. The highest BCUT2D eigenvalue weighted by Gasteiger charge is 2.66. The summed E-state index contributed by atoms with van der Waals surface area (Å²) in [7, 11) is 1.56. The number of ether oxygens (including phenoxy) is 3. The highest BCUT2D eigenvalue weighted by Crippen LogP contribution is 2.44. The minimum Gasteiger partial charge on any atom is -0.497 e. The molecule has 0 saturated carbocycles. The lowest BCUT2D eigenvalue weighted by atomic mass is 9.91. The number of halogens is 1. The Labute approximate surface area is 154 Å². The van der Waals surface area contributed by atoms with E-state index in [9.17, 15) is 9.59 Å². The van der Waals surface area contributed by atoms with Crippen LogP contribution in [0.15, 0.2) is 60.7 Å². The Kier molecular flexibility index (Phi) is 3.85. The molecular weight excluding hydrogens is 358 g/mol. The summed E-state index contributed by atoms with van der Waals surface area (Å²) >= 11 is 6.12. The van der Waals surface area contributed by atoms with Crippen molar-refractivity contribution in [2.45, 2.75) is 11.8 Å². The molecule has 132 valence electrons. The molecule has 2 aromatic carbocycles. The molecule has 0 bridgehead atoms. The van der Waals surface area contributed by atoms with Gasteiger partial charge < -0.3 is 14.2 Å². The minimum absolute atomic E-state index is 0.338. The zero-order chi connectivity index (χ0) is 18.3. The number of hydrogen-bond donors (Lipinski definition) is 0. The van der Waals surface area contributed by atoms with Crippen LogP contribution in [0, 0.1) is 0 Å². The molecule has 0 N–H and O–H groups in total. The molecule has 2 aliphatic heterocycles. The third-order valence-electron chi connectivity index (χ3n) is 4.30. The number of hydrogen-bond acceptors (Lipinski definition) is 5. The predicted molar refractivity (Wildman–Crippen MR) is 94.3 cm³/mol. The van der Waals surface area contributed by atoms with Crippen LogP contribution < -0.4 is 14.4 Å². The van der Waals surface area contributed by atoms with Crippen molar-refractivity contribution in [3.8, 4) is 11.5 Å². The van der Waals surface area contributed by atoms with Gasteiger partial charge in [-0.15, -0.1) is 0 Å². The molecule has 26 heavy (non-hydrogen) atoms. The lowest BCUT2D eigenvalue weighted by Gasteiger charge is -2.51. The van der Waals surface area contributed by atoms with E-state index < -0.39 is 17.8 Å². The van der Waals surface area contributed by atoms with Gasteiger partial charge in [0.1, 0.15) is 11.5 Å². The molecule has 7 heteroatoms. The molecule has 1 spiro atoms. The van der Waals surface area contributed by atoms with Crippen molar-refractivity contribution in [2.24, 2.45) is 0 Å². The molecule has 6 nitrogen and oxygen atoms in total. The van der Waals surface area contributed by atoms with E-state index in [-0.39, 0.29) is 5.91 Å². The Hall–Kier alpha value is -2.99. The molecule has 1 saturated heterocycles. The summed E-state index contributed by atoms with van der Waals surface area (Å²) in [5.41, 5.74) is -0.767. The fraction of sp³-hybridized carbons (Fsp3) is 0.158. The van der Waals surface area contributed by atoms with Gasteiger partial charge in [-0.1, -0.05) is 23.7 Å². The average Bonchev–Trinajstić information content (AvgIpc) is 3.05. The van der Waals surface area contributed by atoms with Gasteiger partial charge in [0.15, 0.2) is 0 Å². The number of esters is 1. The lowest BCUT2D eigenvalue weighted by molar-refractivity contribution is -0.173. The van der Waals surface area contributed by atoms with Crippen molar-refractivity contribution in [3.05, 3.63) is 65.7 Å². The van der Waals surface area contributed by atoms with E-state index in [2.05, 4.69) is 0 Å². The molecule has 0 unspecified atom stereocenters. The number of nitrogens with zero attached hydrogens (tertiary/aromatic N) is 1. The number of benzene rings is 2. The summed E-state index contributed by atoms with van der Waals surface area (Å²) in [4.78, 5) is 25.9. The van der Waals surface area contributed by atoms with Crippen LogP contribution in [0.4, 0.5) is 5.69 Å². The molecule has 2 atom stereocenters. The number of para-hydroxylation sites is 1. The second-order valence-electron chi connectivity index (χ2n) is 5.81. The monoisotopic (exact) mass is 371 g/mol. The minimum atomic E-state index is -1.33. The van der Waals surface area contributed by atoms with Gasteiger partial charge in [0.25, 0.3) is 11.6 Å². The van der Waals surface area contributed by atoms with Crippen molar-refractivity contribution < 1.29 is 23.8 Å². The van der Waals surface area contributed by atoms with Crippen molar-refractivity contribution >= 4 is 29.2 Å². The quantitative estimate of drug-likeness (QED) is 0.610. The maximum absolute atomic E-state index is 12.8. The van der Waals surface area contributed by atoms with Crippen LogP contribution in [0.5, 0.6) is 11.5 Å². The number of amides is 1. The van der Waals surface area contributed by atoms with Crippen molar-refractivity contribution in [3.63, 3.8) is 0 Å². The number of rotatable bonds is 4. The predicted octanol–water partition coefficient (Wildman–Crippen LogP) is 2.95. The van der Waals surface area contributed by atoms with E-state index in [0.29, 0.717) is 22.2 Å². The summed E-state index contributed by atoms with van der Waals surface area (Å²) in [5.74, 6) is 0.120. The van der Waals surface area contributed by atoms with Gasteiger partial charge in [0.05, 0.1) is 12.1 Å². The number of carbonyl (C=O) groups is 2. The molecule has 2 aliphatic rings. The van der Waals surface area contributed by atoms with Crippen LogP contribution >= 0.6 is 11.6 Å². The first-order chi connectivity index (χ1) is 12.5. The first-order valence-corrected chi connectivity index (χ1v) is 8.24. The third-order valence-corrected chi connectivity index (χ3v) is 4.62. The fourth-order valence-electron chi connectivity index (χ4n) is 3.06. The SMILES string of the molecule is COc1ccc(N2C(=O)[C@H](Oc3ccccc3Cl)[C@]23C=CC(=O)O3)cc1. The lowest BCUT2D eigenvalue weighted by Crippen LogP contribution is -2.76. The fourth-order valence-corrected chi connectivity index (χ4v) is 3.24. The topological polar surface area (TPSA) is 65.1 Å². The van der Waals surface area contributed by atoms with Crippen LogP contribution in [-0.4, -0.2) is 30.8 Å². The maximum Gasteiger partial charge on any atom is 0.333 e. The van der Waals surface area contributed by atoms with E-state index in [1.165, 1.54) is 17.1 Å². The Bertz CT molecular complexity index is 910. The molecule has 0 aromatic heterocycles. The number of anilines is 1. The van der Waals surface area contributed by atoms with Gasteiger partial charge in [-0.25, -0.2) is 4.79 Å². The normalized spacial score (nSPS) is 23.8. The summed E-state index contributed by atoms with van der Waals surface area (Å²) in [6.45, 7) is 0. The number of methoxy groups -OCH3 is 1. The number of carbonyl (C=O) groups excluding carboxylic acids is 2. The largest absolute Gasteiger partial charge is 0.497 e. The van der Waals surface area contributed by atoms with Crippen LogP contribution in [0.1, 0.15) is 0 Å². The zero-order valence-electron chi connectivity index (χ0n) is 13.7. The first kappa shape index (κ1) is 16.5. The standard InChI is InChI=1S/C19H14ClNO5/c1-24-13-8-6-12(7-9-13)21-18(23)17(19(21)11-10-16(22)26-19)25-15-5-3-2-4-14(15)20/h2-11,17H,1H3/t17-,19+/m0/s1. The molecule has 4 rings (SSSR count). The third kappa shape index (κ3) is 2.42. The molecule has 0 aliphatic carbocycles. The molecule has 0 radical (unpaired) electrons. The molecular formula is C19H14ClNO5.